The number of aromatic carboxylic acids is 1. The number of hydrogen-bond donors (Lipinski definition) is 5. The van der Waals surface area contributed by atoms with Crippen LogP contribution in [-0.4, -0.2) is 31.5 Å². The number of phenolic OH excluding ortho intramolecular Hbond substituents is 4. The molecule has 2 aromatic carbocycles. The third-order valence-electron chi connectivity index (χ3n) is 1.98. The Balaban J connectivity index is 0.000000200. The maximum Gasteiger partial charge on any atom is 0.335 e. The van der Waals surface area contributed by atoms with E-state index in [9.17, 15) is 4.79 Å². The summed E-state index contributed by atoms with van der Waals surface area (Å²) in [6.45, 7) is 0. The molecule has 2 aromatic rings. The van der Waals surface area contributed by atoms with Crippen LogP contribution in [0.2, 0.25) is 0 Å². The minimum Gasteiger partial charge on any atom is -0.508 e. The quantitative estimate of drug-likeness (QED) is 0.536. The molecule has 0 heterocycles. The fraction of sp³-hybridized carbons (Fsp3) is 0. The van der Waals surface area contributed by atoms with E-state index in [2.05, 4.69) is 0 Å². The van der Waals surface area contributed by atoms with Gasteiger partial charge in [0.25, 0.3) is 0 Å². The average Bonchev–Trinajstić information content (AvgIpc) is 2.28. The van der Waals surface area contributed by atoms with Crippen molar-refractivity contribution in [3.63, 3.8) is 0 Å². The highest BCUT2D eigenvalue weighted by Gasteiger charge is 2.04. The van der Waals surface area contributed by atoms with E-state index in [1.165, 1.54) is 18.2 Å². The lowest BCUT2D eigenvalue weighted by molar-refractivity contribution is 0.0696. The number of benzene rings is 2. The normalized spacial score (nSPS) is 9.26. The largest absolute Gasteiger partial charge is 0.508 e. The molecule has 5 N–H and O–H groups in total. The highest BCUT2D eigenvalue weighted by Crippen LogP contribution is 2.19. The van der Waals surface area contributed by atoms with Crippen molar-refractivity contribution in [2.75, 3.05) is 0 Å². The van der Waals surface area contributed by atoms with Crippen molar-refractivity contribution in [1.29, 1.82) is 0 Å². The van der Waals surface area contributed by atoms with Crippen LogP contribution in [0.5, 0.6) is 23.0 Å². The summed E-state index contributed by atoms with van der Waals surface area (Å²) in [4.78, 5) is 10.3. The van der Waals surface area contributed by atoms with Crippen molar-refractivity contribution in [2.24, 2.45) is 0 Å². The Morgan fingerprint density at radius 2 is 1.16 bits per heavy atom. The molecular weight excluding hydrogens is 252 g/mol. The van der Waals surface area contributed by atoms with Crippen LogP contribution in [0.1, 0.15) is 10.4 Å². The molecule has 0 aliphatic rings. The van der Waals surface area contributed by atoms with Gasteiger partial charge in [0.2, 0.25) is 0 Å². The van der Waals surface area contributed by atoms with Crippen molar-refractivity contribution in [3.8, 4) is 23.0 Å². The lowest BCUT2D eigenvalue weighted by atomic mass is 10.2. The predicted octanol–water partition coefficient (Wildman–Crippen LogP) is 1.89. The van der Waals surface area contributed by atoms with Crippen molar-refractivity contribution in [1.82, 2.24) is 0 Å². The molecule has 0 saturated carbocycles. The Kier molecular flexibility index (Phi) is 4.59. The number of rotatable bonds is 1. The Hall–Kier alpha value is -2.89. The first-order valence-corrected chi connectivity index (χ1v) is 5.13. The van der Waals surface area contributed by atoms with Crippen molar-refractivity contribution < 1.29 is 30.3 Å². The fourth-order valence-corrected chi connectivity index (χ4v) is 1.21. The topological polar surface area (TPSA) is 118 Å². The molecule has 0 unspecified atom stereocenters. The summed E-state index contributed by atoms with van der Waals surface area (Å²) in [5.74, 6) is -1.53. The molecule has 0 radical (unpaired) electrons. The number of carbonyl (C=O) groups is 1. The molecular formula is C13H12O6. The standard InChI is InChI=1S/C7H6O4.C6H6O2/c8-5-1-4(7(10)11)2-6(9)3-5;7-5-2-1-3-6(8)4-5/h1-3,8-9H,(H,10,11);1-4,7-8H. The van der Waals surface area contributed by atoms with E-state index in [0.717, 1.165) is 18.2 Å². The van der Waals surface area contributed by atoms with Crippen LogP contribution in [-0.2, 0) is 0 Å². The summed E-state index contributed by atoms with van der Waals surface area (Å²) in [7, 11) is 0. The SMILES string of the molecule is O=C(O)c1cc(O)cc(O)c1.Oc1cccc(O)c1. The highest BCUT2D eigenvalue weighted by molar-refractivity contribution is 5.88. The van der Waals surface area contributed by atoms with E-state index >= 15 is 0 Å². The predicted molar refractivity (Wildman–Crippen MR) is 66.5 cm³/mol. The summed E-state index contributed by atoms with van der Waals surface area (Å²) in [6, 6.07) is 9.03. The third kappa shape index (κ3) is 4.86. The van der Waals surface area contributed by atoms with Gasteiger partial charge < -0.3 is 25.5 Å². The van der Waals surface area contributed by atoms with Gasteiger partial charge >= 0.3 is 5.97 Å². The molecule has 0 aliphatic heterocycles. The maximum absolute atomic E-state index is 10.3. The molecule has 0 saturated heterocycles. The van der Waals surface area contributed by atoms with Crippen LogP contribution in [0.25, 0.3) is 0 Å². The van der Waals surface area contributed by atoms with Crippen molar-refractivity contribution in [3.05, 3.63) is 48.0 Å². The molecule has 0 bridgehead atoms. The van der Waals surface area contributed by atoms with E-state index in [0.29, 0.717) is 0 Å². The van der Waals surface area contributed by atoms with Gasteiger partial charge in [-0.05, 0) is 24.3 Å². The van der Waals surface area contributed by atoms with Crippen LogP contribution in [0.3, 0.4) is 0 Å². The van der Waals surface area contributed by atoms with Gasteiger partial charge in [0.1, 0.15) is 23.0 Å². The van der Waals surface area contributed by atoms with Crippen molar-refractivity contribution in [2.45, 2.75) is 0 Å². The highest BCUT2D eigenvalue weighted by atomic mass is 16.4. The molecule has 0 aromatic heterocycles. The molecule has 19 heavy (non-hydrogen) atoms. The van der Waals surface area contributed by atoms with E-state index in [4.69, 9.17) is 25.5 Å². The Morgan fingerprint density at radius 3 is 1.47 bits per heavy atom. The lowest BCUT2D eigenvalue weighted by Gasteiger charge is -1.96. The minimum atomic E-state index is -1.18. The number of aromatic hydroxyl groups is 4. The molecule has 0 amide bonds. The smallest absolute Gasteiger partial charge is 0.335 e. The zero-order valence-corrected chi connectivity index (χ0v) is 9.69. The van der Waals surface area contributed by atoms with E-state index < -0.39 is 5.97 Å². The molecule has 6 nitrogen and oxygen atoms in total. The summed E-state index contributed by atoms with van der Waals surface area (Å²) in [5, 5.41) is 43.4. The fourth-order valence-electron chi connectivity index (χ4n) is 1.21. The monoisotopic (exact) mass is 264 g/mol. The van der Waals surface area contributed by atoms with E-state index in [1.54, 1.807) is 6.07 Å². The number of phenols is 4. The van der Waals surface area contributed by atoms with Gasteiger partial charge in [0.15, 0.2) is 0 Å². The molecule has 0 atom stereocenters. The summed E-state index contributed by atoms with van der Waals surface area (Å²) < 4.78 is 0. The zero-order valence-electron chi connectivity index (χ0n) is 9.69. The first-order valence-electron chi connectivity index (χ1n) is 5.13. The molecule has 6 heteroatoms. The number of carboxylic acid groups (broad SMARTS) is 1. The minimum absolute atomic E-state index is 0.0880. The van der Waals surface area contributed by atoms with Crippen LogP contribution in [0.4, 0.5) is 0 Å². The maximum atomic E-state index is 10.3. The van der Waals surface area contributed by atoms with Crippen LogP contribution in [0.15, 0.2) is 42.5 Å². The number of hydrogen-bond acceptors (Lipinski definition) is 5. The lowest BCUT2D eigenvalue weighted by Crippen LogP contribution is -1.94. The molecule has 0 spiro atoms. The second-order valence-electron chi connectivity index (χ2n) is 3.56. The Labute approximate surface area is 108 Å². The second kappa shape index (κ2) is 6.15. The summed E-state index contributed by atoms with van der Waals surface area (Å²) >= 11 is 0. The van der Waals surface area contributed by atoms with Gasteiger partial charge in [-0.15, -0.1) is 0 Å². The molecule has 2 rings (SSSR count). The van der Waals surface area contributed by atoms with Gasteiger partial charge in [0.05, 0.1) is 5.56 Å². The first-order chi connectivity index (χ1) is 8.88. The molecule has 100 valence electrons. The van der Waals surface area contributed by atoms with Gasteiger partial charge in [-0.2, -0.15) is 0 Å². The van der Waals surface area contributed by atoms with Crippen LogP contribution in [0, 0.1) is 0 Å². The molecule has 0 aliphatic carbocycles. The van der Waals surface area contributed by atoms with Crippen molar-refractivity contribution >= 4 is 5.97 Å². The van der Waals surface area contributed by atoms with E-state index in [-0.39, 0.29) is 28.6 Å². The van der Waals surface area contributed by atoms with Crippen LogP contribution < -0.4 is 0 Å². The first kappa shape index (κ1) is 14.2. The Morgan fingerprint density at radius 1 is 0.737 bits per heavy atom. The van der Waals surface area contributed by atoms with E-state index in [1.807, 2.05) is 0 Å². The van der Waals surface area contributed by atoms with Gasteiger partial charge in [-0.25, -0.2) is 4.79 Å². The second-order valence-corrected chi connectivity index (χ2v) is 3.56. The summed E-state index contributed by atoms with van der Waals surface area (Å²) in [5.41, 5.74) is -0.137. The zero-order chi connectivity index (χ0) is 14.4. The van der Waals surface area contributed by atoms with Gasteiger partial charge in [0, 0.05) is 12.1 Å². The van der Waals surface area contributed by atoms with Crippen LogP contribution >= 0.6 is 0 Å². The Bertz CT molecular complexity index is 542. The van der Waals surface area contributed by atoms with Gasteiger partial charge in [-0.1, -0.05) is 6.07 Å². The number of carboxylic acids is 1. The third-order valence-corrected chi connectivity index (χ3v) is 1.98. The average molecular weight is 264 g/mol. The van der Waals surface area contributed by atoms with Gasteiger partial charge in [-0.3, -0.25) is 0 Å². The summed E-state index contributed by atoms with van der Waals surface area (Å²) in [6.07, 6.45) is 0. The molecule has 0 fully saturated rings.